The molecule has 0 bridgehead atoms. The molecule has 0 saturated carbocycles. The van der Waals surface area contributed by atoms with Crippen LogP contribution in [0.3, 0.4) is 0 Å². The smallest absolute Gasteiger partial charge is 0.162 e. The van der Waals surface area contributed by atoms with Gasteiger partial charge in [0, 0.05) is 44.2 Å². The van der Waals surface area contributed by atoms with Gasteiger partial charge in [-0.25, -0.2) is 0 Å². The average molecular weight is 779 g/mol. The zero-order chi connectivity index (χ0) is 31.4. The van der Waals surface area contributed by atoms with Gasteiger partial charge in [-0.2, -0.15) is 0 Å². The Kier molecular flexibility index (Phi) is 11.6. The van der Waals surface area contributed by atoms with Gasteiger partial charge in [0.15, 0.2) is 5.78 Å². The summed E-state index contributed by atoms with van der Waals surface area (Å²) >= 11 is 0. The summed E-state index contributed by atoms with van der Waals surface area (Å²) in [6.45, 7) is 12.3. The minimum absolute atomic E-state index is 0. The molecule has 1 spiro atoms. The maximum atomic E-state index is 11.7. The third-order valence-corrected chi connectivity index (χ3v) is 10.3. The van der Waals surface area contributed by atoms with E-state index in [1.807, 2.05) is 33.9 Å². The van der Waals surface area contributed by atoms with E-state index in [0.717, 1.165) is 36.9 Å². The van der Waals surface area contributed by atoms with Crippen LogP contribution in [0.5, 0.6) is 0 Å². The monoisotopic (exact) mass is 779 g/mol. The molecule has 1 N–H and O–H groups in total. The number of aryl methyl sites for hydroxylation is 2. The second-order valence-corrected chi connectivity index (χ2v) is 13.2. The molecule has 45 heavy (non-hydrogen) atoms. The molecule has 0 saturated heterocycles. The Hall–Kier alpha value is -3.07. The summed E-state index contributed by atoms with van der Waals surface area (Å²) in [6, 6.07) is 23.8. The molecular weight excluding hydrogens is 731 g/mol. The van der Waals surface area contributed by atoms with Crippen molar-refractivity contribution in [1.29, 1.82) is 0 Å². The zero-order valence-corrected chi connectivity index (χ0v) is 30.2. The number of carbonyl (C=O) groups excluding carboxylic acids is 1. The van der Waals surface area contributed by atoms with Crippen LogP contribution >= 0.6 is 0 Å². The van der Waals surface area contributed by atoms with E-state index >= 15 is 0 Å². The van der Waals surface area contributed by atoms with Crippen molar-refractivity contribution in [2.24, 2.45) is 17.3 Å². The van der Waals surface area contributed by atoms with Gasteiger partial charge in [-0.3, -0.25) is 4.79 Å². The van der Waals surface area contributed by atoms with Crippen LogP contribution in [0.15, 0.2) is 72.6 Å². The number of aliphatic hydroxyl groups excluding tert-OH is 1. The molecule has 0 atom stereocenters. The van der Waals surface area contributed by atoms with Crippen LogP contribution in [0.2, 0.25) is 0 Å². The number of allylic oxidation sites excluding steroid dienone is 2. The fraction of sp³-hybridized carbons (Fsp3) is 0.415. The van der Waals surface area contributed by atoms with Crippen molar-refractivity contribution in [1.82, 2.24) is 4.98 Å². The van der Waals surface area contributed by atoms with E-state index in [0.29, 0.717) is 5.41 Å². The molecule has 2 aliphatic rings. The van der Waals surface area contributed by atoms with Gasteiger partial charge >= 0.3 is 0 Å². The Morgan fingerprint density at radius 1 is 0.867 bits per heavy atom. The number of nitrogens with zero attached hydrogens (tertiary/aromatic N) is 1. The molecule has 4 aromatic rings. The van der Waals surface area contributed by atoms with E-state index in [-0.39, 0.29) is 43.5 Å². The van der Waals surface area contributed by atoms with Gasteiger partial charge in [0.1, 0.15) is 0 Å². The van der Waals surface area contributed by atoms with E-state index in [4.69, 9.17) is 0 Å². The number of aliphatic hydroxyl groups is 1. The van der Waals surface area contributed by atoms with Crippen LogP contribution in [-0.2, 0) is 50.6 Å². The van der Waals surface area contributed by atoms with Gasteiger partial charge in [-0.1, -0.05) is 92.1 Å². The molecule has 2 aliphatic carbocycles. The predicted octanol–water partition coefficient (Wildman–Crippen LogP) is 10.1. The second-order valence-electron chi connectivity index (χ2n) is 13.2. The summed E-state index contributed by atoms with van der Waals surface area (Å²) in [5.41, 5.74) is 11.2. The number of aromatic nitrogens is 1. The number of fused-ring (bicyclic) bond motifs is 4. The molecule has 0 aliphatic heterocycles. The van der Waals surface area contributed by atoms with Gasteiger partial charge in [0.05, 0.1) is 5.76 Å². The minimum atomic E-state index is 0. The van der Waals surface area contributed by atoms with Crippen molar-refractivity contribution in [2.75, 3.05) is 0 Å². The first kappa shape index (κ1) is 34.8. The number of pyridine rings is 1. The third-order valence-electron chi connectivity index (χ3n) is 10.3. The van der Waals surface area contributed by atoms with Crippen molar-refractivity contribution in [3.63, 3.8) is 0 Å². The van der Waals surface area contributed by atoms with Gasteiger partial charge in [-0.15, -0.1) is 23.8 Å². The standard InChI is InChI=1S/C28H24N.C13H24O2.Ir/c1-18-11-27(29-17-19(18)2)21-9-7-20-8-10-24-15-28(16-26(24)25(20)12-21)13-22-5-3-4-6-23(22)14-28;1-5-10(6-2)12(14)9-13(15)11(7-3)8-4;/h3-8,10-12,17H,13-16H2,1-2H3;9-11,14H,5-8H2,1-4H3;/q-1;;/b;12-9-;. The Morgan fingerprint density at radius 3 is 2.09 bits per heavy atom. The maximum absolute atomic E-state index is 11.7. The van der Waals surface area contributed by atoms with Crippen molar-refractivity contribution in [2.45, 2.75) is 92.9 Å². The minimum Gasteiger partial charge on any atom is -0.512 e. The van der Waals surface area contributed by atoms with Crippen molar-refractivity contribution in [3.05, 3.63) is 112 Å². The van der Waals surface area contributed by atoms with E-state index < -0.39 is 0 Å². The van der Waals surface area contributed by atoms with Crippen LogP contribution in [0.1, 0.15) is 86.8 Å². The molecule has 1 aromatic heterocycles. The van der Waals surface area contributed by atoms with Crippen LogP contribution in [0.25, 0.3) is 22.0 Å². The largest absolute Gasteiger partial charge is 0.512 e. The topological polar surface area (TPSA) is 50.2 Å². The summed E-state index contributed by atoms with van der Waals surface area (Å²) in [7, 11) is 0. The molecule has 0 unspecified atom stereocenters. The van der Waals surface area contributed by atoms with Crippen molar-refractivity contribution in [3.8, 4) is 11.3 Å². The van der Waals surface area contributed by atoms with Crippen LogP contribution in [0, 0.1) is 37.2 Å². The first-order valence-corrected chi connectivity index (χ1v) is 16.6. The molecule has 4 heteroatoms. The second kappa shape index (κ2) is 15.0. The van der Waals surface area contributed by atoms with Gasteiger partial charge in [0.25, 0.3) is 0 Å². The fourth-order valence-corrected chi connectivity index (χ4v) is 7.30. The SMILES string of the molecule is CCC(CC)C(=O)/C=C(\O)C(CC)CC.Cc1cnc(-c2[c-]cc3ccc4c(c3c2)CC2(Cc3ccccc3C2)C4)cc1C.[Ir]. The van der Waals surface area contributed by atoms with Crippen LogP contribution < -0.4 is 0 Å². The number of carbonyl (C=O) groups is 1. The summed E-state index contributed by atoms with van der Waals surface area (Å²) in [5, 5.41) is 12.4. The molecule has 6 rings (SSSR count). The normalized spacial score (nSPS) is 14.7. The van der Waals surface area contributed by atoms with Crippen LogP contribution in [0.4, 0.5) is 0 Å². The number of ketones is 1. The van der Waals surface area contributed by atoms with Crippen molar-refractivity contribution < 1.29 is 30.0 Å². The fourth-order valence-electron chi connectivity index (χ4n) is 7.30. The predicted molar refractivity (Wildman–Crippen MR) is 183 cm³/mol. The quantitative estimate of drug-likeness (QED) is 0.110. The number of hydrogen-bond acceptors (Lipinski definition) is 3. The Balaban J connectivity index is 0.000000249. The molecule has 3 nitrogen and oxygen atoms in total. The summed E-state index contributed by atoms with van der Waals surface area (Å²) in [5.74, 6) is 0.547. The molecular formula is C41H48IrNO2-. The Morgan fingerprint density at radius 2 is 1.49 bits per heavy atom. The molecule has 0 fully saturated rings. The van der Waals surface area contributed by atoms with Crippen molar-refractivity contribution >= 4 is 16.6 Å². The Labute approximate surface area is 283 Å². The molecule has 1 heterocycles. The van der Waals surface area contributed by atoms with Crippen LogP contribution in [-0.4, -0.2) is 15.9 Å². The first-order valence-electron chi connectivity index (χ1n) is 16.6. The first-order chi connectivity index (χ1) is 21.2. The number of rotatable bonds is 8. The summed E-state index contributed by atoms with van der Waals surface area (Å²) in [6.07, 6.45) is 11.7. The van der Waals surface area contributed by atoms with E-state index in [1.165, 1.54) is 59.2 Å². The molecule has 1 radical (unpaired) electrons. The average Bonchev–Trinajstić information content (AvgIpc) is 3.58. The summed E-state index contributed by atoms with van der Waals surface area (Å²) < 4.78 is 0. The number of benzene rings is 3. The van der Waals surface area contributed by atoms with E-state index in [2.05, 4.69) is 79.5 Å². The molecule has 239 valence electrons. The number of hydrogen-bond donors (Lipinski definition) is 1. The maximum Gasteiger partial charge on any atom is 0.162 e. The summed E-state index contributed by atoms with van der Waals surface area (Å²) in [4.78, 5) is 16.4. The van der Waals surface area contributed by atoms with E-state index in [9.17, 15) is 9.90 Å². The molecule has 3 aromatic carbocycles. The third kappa shape index (κ3) is 7.50. The van der Waals surface area contributed by atoms with Gasteiger partial charge in [0.2, 0.25) is 0 Å². The van der Waals surface area contributed by atoms with Gasteiger partial charge < -0.3 is 10.1 Å². The van der Waals surface area contributed by atoms with E-state index in [1.54, 1.807) is 16.7 Å². The zero-order valence-electron chi connectivity index (χ0n) is 27.8. The van der Waals surface area contributed by atoms with Gasteiger partial charge in [-0.05, 0) is 98.6 Å². The Bertz CT molecular complexity index is 1650. The molecule has 0 amide bonds.